The average Bonchev–Trinajstić information content (AvgIpc) is 2.67. The molecule has 0 aromatic rings. The highest BCUT2D eigenvalue weighted by Gasteiger charge is 2.37. The highest BCUT2D eigenvalue weighted by molar-refractivity contribution is 8.35. The molecule has 1 rings (SSSR count). The Morgan fingerprint density at radius 2 is 2.05 bits per heavy atom. The molecule has 0 atom stereocenters. The summed E-state index contributed by atoms with van der Waals surface area (Å²) in [5, 5.41) is 4.33. The fourth-order valence-corrected chi connectivity index (χ4v) is 4.27. The van der Waals surface area contributed by atoms with E-state index in [2.05, 4.69) is 5.16 Å². The molecule has 0 bridgehead atoms. The summed E-state index contributed by atoms with van der Waals surface area (Å²) in [7, 11) is 1.26. The number of halogens is 1. The van der Waals surface area contributed by atoms with Gasteiger partial charge in [-0.05, 0) is 20.8 Å². The Morgan fingerprint density at radius 1 is 1.43 bits per heavy atom. The number of thioether (sulfide) groups is 2. The molecule has 1 aliphatic rings. The summed E-state index contributed by atoms with van der Waals surface area (Å²) in [6, 6.07) is 0. The Morgan fingerprint density at radius 3 is 2.57 bits per heavy atom. The van der Waals surface area contributed by atoms with Crippen LogP contribution in [0.3, 0.4) is 0 Å². The lowest BCUT2D eigenvalue weighted by Gasteiger charge is -2.15. The lowest BCUT2D eigenvalue weighted by Crippen LogP contribution is -2.34. The minimum Gasteiger partial charge on any atom is -0.297 e. The molecule has 1 saturated heterocycles. The van der Waals surface area contributed by atoms with E-state index in [1.165, 1.54) is 43.6 Å². The van der Waals surface area contributed by atoms with Crippen molar-refractivity contribution < 1.29 is 19.2 Å². The predicted octanol–water partition coefficient (Wildman–Crippen LogP) is 2.82. The zero-order valence-corrected chi connectivity index (χ0v) is 14.4. The number of imide groups is 1. The number of hydrogen-bond acceptors (Lipinski definition) is 7. The van der Waals surface area contributed by atoms with Crippen molar-refractivity contribution >= 4 is 58.0 Å². The average molecular weight is 351 g/mol. The number of alkyl halides is 1. The summed E-state index contributed by atoms with van der Waals surface area (Å²) in [5.41, 5.74) is 0. The molecule has 116 valence electrons. The van der Waals surface area contributed by atoms with E-state index in [4.69, 9.17) is 16.4 Å². The van der Waals surface area contributed by atoms with Gasteiger partial charge in [0.25, 0.3) is 0 Å². The van der Waals surface area contributed by atoms with Gasteiger partial charge in [0.2, 0.25) is 5.91 Å². The fraction of sp³-hybridized carbons (Fsp3) is 0.500. The number of hydrogen-bond donors (Lipinski definition) is 0. The van der Waals surface area contributed by atoms with Gasteiger partial charge in [-0.2, -0.15) is 0 Å². The number of ketones is 1. The topological polar surface area (TPSA) is 76.0 Å². The second kappa shape index (κ2) is 7.33. The summed E-state index contributed by atoms with van der Waals surface area (Å²) in [4.78, 5) is 39.4. The predicted molar refractivity (Wildman–Crippen MR) is 85.4 cm³/mol. The number of allylic oxidation sites excluding steroid dienone is 1. The Bertz CT molecular complexity index is 531. The molecule has 9 heteroatoms. The van der Waals surface area contributed by atoms with Gasteiger partial charge in [-0.15, -0.1) is 23.4 Å². The maximum absolute atomic E-state index is 11.6. The standard InChI is InChI=1S/C12H15ClN2O4S2/c1-7(16)5-9-20-10(12(2,3)21-9)14-19-11(18)15(4)8(17)6-13/h5H,6H2,1-4H3. The second-order valence-electron chi connectivity index (χ2n) is 4.63. The van der Waals surface area contributed by atoms with Crippen molar-refractivity contribution in [2.24, 2.45) is 5.16 Å². The van der Waals surface area contributed by atoms with Gasteiger partial charge in [0.1, 0.15) is 10.9 Å². The van der Waals surface area contributed by atoms with Crippen molar-refractivity contribution in [2.45, 2.75) is 25.5 Å². The molecule has 0 aromatic heterocycles. The summed E-state index contributed by atoms with van der Waals surface area (Å²) in [5.74, 6) is -0.956. The van der Waals surface area contributed by atoms with Crippen molar-refractivity contribution in [1.82, 2.24) is 4.90 Å². The molecule has 2 amide bonds. The van der Waals surface area contributed by atoms with E-state index in [1.807, 2.05) is 13.8 Å². The van der Waals surface area contributed by atoms with Crippen molar-refractivity contribution in [3.8, 4) is 0 Å². The molecule has 0 aromatic carbocycles. The quantitative estimate of drug-likeness (QED) is 0.337. The van der Waals surface area contributed by atoms with E-state index >= 15 is 0 Å². The van der Waals surface area contributed by atoms with E-state index in [-0.39, 0.29) is 11.7 Å². The Labute approximate surface area is 136 Å². The van der Waals surface area contributed by atoms with Crippen molar-refractivity contribution in [1.29, 1.82) is 0 Å². The highest BCUT2D eigenvalue weighted by Crippen LogP contribution is 2.50. The molecule has 0 radical (unpaired) electrons. The minimum atomic E-state index is -0.904. The van der Waals surface area contributed by atoms with E-state index in [9.17, 15) is 14.4 Å². The fourth-order valence-electron chi connectivity index (χ4n) is 1.22. The normalized spacial score (nSPS) is 20.6. The third kappa shape index (κ3) is 5.05. The summed E-state index contributed by atoms with van der Waals surface area (Å²) >= 11 is 8.06. The van der Waals surface area contributed by atoms with Crippen LogP contribution in [0.5, 0.6) is 0 Å². The molecule has 0 saturated carbocycles. The van der Waals surface area contributed by atoms with Gasteiger partial charge in [-0.3, -0.25) is 14.4 Å². The van der Waals surface area contributed by atoms with Gasteiger partial charge < -0.3 is 0 Å². The molecule has 21 heavy (non-hydrogen) atoms. The molecule has 1 aliphatic heterocycles. The van der Waals surface area contributed by atoms with Crippen molar-refractivity contribution in [2.75, 3.05) is 12.9 Å². The molecule has 6 nitrogen and oxygen atoms in total. The molecular formula is C12H15ClN2O4S2. The van der Waals surface area contributed by atoms with E-state index in [1.54, 1.807) is 0 Å². The van der Waals surface area contributed by atoms with Crippen LogP contribution in [-0.2, 0) is 14.4 Å². The van der Waals surface area contributed by atoms with Gasteiger partial charge in [0.15, 0.2) is 5.78 Å². The van der Waals surface area contributed by atoms with Gasteiger partial charge in [0.05, 0.1) is 8.98 Å². The Kier molecular flexibility index (Phi) is 6.30. The first kappa shape index (κ1) is 18.1. The van der Waals surface area contributed by atoms with Crippen molar-refractivity contribution in [3.63, 3.8) is 0 Å². The Balaban J connectivity index is 2.79. The van der Waals surface area contributed by atoms with Crippen LogP contribution in [0.25, 0.3) is 0 Å². The largest absolute Gasteiger partial charge is 0.442 e. The lowest BCUT2D eigenvalue weighted by atomic mass is 10.2. The van der Waals surface area contributed by atoms with Crippen molar-refractivity contribution in [3.05, 3.63) is 10.3 Å². The third-order valence-electron chi connectivity index (χ3n) is 2.36. The number of amides is 2. The maximum Gasteiger partial charge on any atom is 0.442 e. The van der Waals surface area contributed by atoms with Gasteiger partial charge in [-0.25, -0.2) is 9.69 Å². The second-order valence-corrected chi connectivity index (χ2v) is 7.85. The minimum absolute atomic E-state index is 0.0634. The van der Waals surface area contributed by atoms with E-state index in [0.717, 1.165) is 9.14 Å². The van der Waals surface area contributed by atoms with Crippen LogP contribution in [0, 0.1) is 0 Å². The number of rotatable bonds is 3. The number of carbonyl (C=O) groups is 3. The smallest absolute Gasteiger partial charge is 0.297 e. The van der Waals surface area contributed by atoms with Crippen LogP contribution in [0.4, 0.5) is 4.79 Å². The zero-order valence-electron chi connectivity index (χ0n) is 12.0. The van der Waals surface area contributed by atoms with Crippen LogP contribution >= 0.6 is 35.1 Å². The monoisotopic (exact) mass is 350 g/mol. The summed E-state index contributed by atoms with van der Waals surface area (Å²) < 4.78 is 0.369. The first-order valence-electron chi connectivity index (χ1n) is 5.88. The third-order valence-corrected chi connectivity index (χ3v) is 5.34. The van der Waals surface area contributed by atoms with E-state index < -0.39 is 16.7 Å². The van der Waals surface area contributed by atoms with Gasteiger partial charge >= 0.3 is 6.09 Å². The number of nitrogens with zero attached hydrogens (tertiary/aromatic N) is 2. The van der Waals surface area contributed by atoms with Crippen LogP contribution < -0.4 is 0 Å². The summed E-state index contributed by atoms with van der Waals surface area (Å²) in [6.07, 6.45) is 0.600. The number of carbonyl (C=O) groups excluding carboxylic acids is 3. The molecule has 0 N–H and O–H groups in total. The SMILES string of the molecule is CC(=O)C=C1SC(=NOC(=O)N(C)C(=O)CCl)C(C)(C)S1. The summed E-state index contributed by atoms with van der Waals surface area (Å²) in [6.45, 7) is 5.25. The Hall–Kier alpha value is -0.990. The van der Waals surface area contributed by atoms with Gasteiger partial charge in [-0.1, -0.05) is 16.9 Å². The van der Waals surface area contributed by atoms with Crippen LogP contribution in [-0.4, -0.2) is 45.4 Å². The first-order valence-corrected chi connectivity index (χ1v) is 8.05. The van der Waals surface area contributed by atoms with Crippen LogP contribution in [0.1, 0.15) is 20.8 Å². The maximum atomic E-state index is 11.6. The zero-order chi connectivity index (χ0) is 16.2. The molecule has 0 aliphatic carbocycles. The molecule has 1 fully saturated rings. The molecule has 1 heterocycles. The molecular weight excluding hydrogens is 336 g/mol. The van der Waals surface area contributed by atoms with Crippen LogP contribution in [0.2, 0.25) is 0 Å². The first-order chi connectivity index (χ1) is 9.67. The number of oxime groups is 1. The van der Waals surface area contributed by atoms with E-state index in [0.29, 0.717) is 5.04 Å². The molecule has 0 spiro atoms. The van der Waals surface area contributed by atoms with Crippen LogP contribution in [0.15, 0.2) is 15.5 Å². The lowest BCUT2D eigenvalue weighted by molar-refractivity contribution is -0.125. The molecule has 0 unspecified atom stereocenters. The highest BCUT2D eigenvalue weighted by atomic mass is 35.5. The van der Waals surface area contributed by atoms with Gasteiger partial charge in [0, 0.05) is 13.1 Å².